The molecule has 13 nitrogen and oxygen atoms in total. The van der Waals surface area contributed by atoms with Crippen LogP contribution < -0.4 is 22.1 Å². The van der Waals surface area contributed by atoms with E-state index in [-0.39, 0.29) is 0 Å². The maximum atomic E-state index is 12.3. The lowest BCUT2D eigenvalue weighted by molar-refractivity contribution is -0.163. The number of nitrogens with two attached hydrogens (primary N) is 2. The van der Waals surface area contributed by atoms with Crippen molar-refractivity contribution >= 4 is 35.9 Å². The summed E-state index contributed by atoms with van der Waals surface area (Å²) in [5, 5.41) is 4.14. The van der Waals surface area contributed by atoms with Crippen LogP contribution >= 0.6 is 0 Å². The molecule has 0 rings (SSSR count). The Kier molecular flexibility index (Phi) is 9.92. The Balaban J connectivity index is 5.32. The molecule has 0 aliphatic rings. The molecular weight excluding hydrogens is 416 g/mol. The van der Waals surface area contributed by atoms with Crippen LogP contribution in [0.1, 0.15) is 54.4 Å². The van der Waals surface area contributed by atoms with Gasteiger partial charge < -0.3 is 36.3 Å². The van der Waals surface area contributed by atoms with Crippen molar-refractivity contribution < 1.29 is 43.0 Å². The third-order valence-electron chi connectivity index (χ3n) is 2.96. The fourth-order valence-electron chi connectivity index (χ4n) is 1.93. The van der Waals surface area contributed by atoms with Gasteiger partial charge in [-0.1, -0.05) is 0 Å². The summed E-state index contributed by atoms with van der Waals surface area (Å²) in [6.45, 7) is 9.38. The lowest BCUT2D eigenvalue weighted by Crippen LogP contribution is -2.50. The first-order chi connectivity index (χ1) is 13.9. The largest absolute Gasteiger partial charge is 0.444 e. The Morgan fingerprint density at radius 1 is 0.677 bits per heavy atom. The van der Waals surface area contributed by atoms with Gasteiger partial charge in [0.2, 0.25) is 11.8 Å². The molecule has 0 radical (unpaired) electrons. The van der Waals surface area contributed by atoms with E-state index < -0.39 is 72.1 Å². The molecule has 13 heteroatoms. The van der Waals surface area contributed by atoms with Crippen LogP contribution in [0.4, 0.5) is 9.59 Å². The first-order valence-corrected chi connectivity index (χ1v) is 9.21. The number of alkyl carbamates (subject to hydrolysis) is 2. The van der Waals surface area contributed by atoms with E-state index in [1.165, 1.54) is 0 Å². The number of esters is 2. The summed E-state index contributed by atoms with van der Waals surface area (Å²) < 4.78 is 14.6. The molecule has 0 bridgehead atoms. The highest BCUT2D eigenvalue weighted by atomic mass is 16.6. The van der Waals surface area contributed by atoms with Gasteiger partial charge in [-0.05, 0) is 41.5 Å². The molecule has 0 aliphatic heterocycles. The summed E-state index contributed by atoms with van der Waals surface area (Å²) in [5.41, 5.74) is 8.29. The first kappa shape index (κ1) is 27.6. The van der Waals surface area contributed by atoms with Gasteiger partial charge in [-0.3, -0.25) is 9.59 Å². The normalized spacial score (nSPS) is 13.2. The van der Waals surface area contributed by atoms with Gasteiger partial charge in [0.05, 0.1) is 12.8 Å². The molecule has 0 heterocycles. The van der Waals surface area contributed by atoms with Crippen molar-refractivity contribution in [1.82, 2.24) is 10.6 Å². The number of carbonyl (C=O) groups is 6. The van der Waals surface area contributed by atoms with Crippen LogP contribution in [0, 0.1) is 0 Å². The summed E-state index contributed by atoms with van der Waals surface area (Å²) in [7, 11) is 0. The minimum absolute atomic E-state index is 0.703. The van der Waals surface area contributed by atoms with Gasteiger partial charge in [0.1, 0.15) is 23.3 Å². The topological polar surface area (TPSA) is 206 Å². The Hall–Kier alpha value is -3.38. The second-order valence-corrected chi connectivity index (χ2v) is 8.48. The molecule has 0 fully saturated rings. The number of amides is 4. The molecule has 0 aromatic rings. The third kappa shape index (κ3) is 13.5. The van der Waals surface area contributed by atoms with E-state index in [0.717, 1.165) is 0 Å². The third-order valence-corrected chi connectivity index (χ3v) is 2.96. The average Bonchev–Trinajstić information content (AvgIpc) is 2.48. The van der Waals surface area contributed by atoms with Crippen molar-refractivity contribution in [2.45, 2.75) is 77.7 Å². The van der Waals surface area contributed by atoms with Crippen LogP contribution in [0.2, 0.25) is 0 Å². The average molecular weight is 446 g/mol. The van der Waals surface area contributed by atoms with Crippen LogP contribution in [0.25, 0.3) is 0 Å². The highest BCUT2D eigenvalue weighted by Gasteiger charge is 2.33. The molecule has 0 spiro atoms. The SMILES string of the molecule is CC(C)(C)OC(=O)N[C@@H](CC(N)=O)C(=O)OC(=O)[C@H](CC(N)=O)NC(=O)OC(C)(C)C. The molecule has 0 unspecified atom stereocenters. The smallest absolute Gasteiger partial charge is 0.408 e. The number of carbonyl (C=O) groups excluding carboxylic acids is 6. The zero-order chi connectivity index (χ0) is 24.6. The van der Waals surface area contributed by atoms with Crippen LogP contribution in [-0.4, -0.2) is 59.2 Å². The fourth-order valence-corrected chi connectivity index (χ4v) is 1.93. The second-order valence-electron chi connectivity index (χ2n) is 8.48. The Labute approximate surface area is 179 Å². The molecule has 0 aromatic heterocycles. The summed E-state index contributed by atoms with van der Waals surface area (Å²) >= 11 is 0. The summed E-state index contributed by atoms with van der Waals surface area (Å²) in [6, 6.07) is -3.32. The quantitative estimate of drug-likeness (QED) is 0.217. The molecule has 4 amide bonds. The van der Waals surface area contributed by atoms with Crippen LogP contribution in [0.5, 0.6) is 0 Å². The number of hydrogen-bond acceptors (Lipinski definition) is 9. The summed E-state index contributed by atoms with van der Waals surface area (Å²) in [4.78, 5) is 70.9. The van der Waals surface area contributed by atoms with E-state index in [1.54, 1.807) is 41.5 Å². The second kappa shape index (κ2) is 11.1. The molecule has 6 N–H and O–H groups in total. The van der Waals surface area contributed by atoms with E-state index in [9.17, 15) is 28.8 Å². The van der Waals surface area contributed by atoms with E-state index in [4.69, 9.17) is 20.9 Å². The van der Waals surface area contributed by atoms with E-state index in [2.05, 4.69) is 15.4 Å². The maximum Gasteiger partial charge on any atom is 0.408 e. The number of primary amides is 2. The maximum absolute atomic E-state index is 12.3. The molecule has 2 atom stereocenters. The van der Waals surface area contributed by atoms with Gasteiger partial charge in [0, 0.05) is 0 Å². The van der Waals surface area contributed by atoms with E-state index in [1.807, 2.05) is 0 Å². The highest BCUT2D eigenvalue weighted by molar-refractivity contribution is 5.97. The molecule has 31 heavy (non-hydrogen) atoms. The molecular formula is C18H30N4O9. The monoisotopic (exact) mass is 446 g/mol. The lowest BCUT2D eigenvalue weighted by atomic mass is 10.2. The van der Waals surface area contributed by atoms with Gasteiger partial charge in [0.15, 0.2) is 0 Å². The van der Waals surface area contributed by atoms with Crippen molar-refractivity contribution in [3.63, 3.8) is 0 Å². The van der Waals surface area contributed by atoms with Crippen molar-refractivity contribution in [2.75, 3.05) is 0 Å². The molecule has 0 aliphatic carbocycles. The fraction of sp³-hybridized carbons (Fsp3) is 0.667. The lowest BCUT2D eigenvalue weighted by Gasteiger charge is -2.23. The van der Waals surface area contributed by atoms with Gasteiger partial charge in [-0.25, -0.2) is 19.2 Å². The minimum atomic E-state index is -1.66. The zero-order valence-electron chi connectivity index (χ0n) is 18.4. The number of rotatable bonds is 8. The van der Waals surface area contributed by atoms with Gasteiger partial charge in [0.25, 0.3) is 0 Å². The Bertz CT molecular complexity index is 663. The predicted molar refractivity (Wildman–Crippen MR) is 105 cm³/mol. The van der Waals surface area contributed by atoms with Crippen molar-refractivity contribution in [1.29, 1.82) is 0 Å². The molecule has 0 aromatic carbocycles. The number of hydrogen-bond donors (Lipinski definition) is 4. The predicted octanol–water partition coefficient (Wildman–Crippen LogP) is -0.406. The Morgan fingerprint density at radius 2 is 0.968 bits per heavy atom. The van der Waals surface area contributed by atoms with Crippen LogP contribution in [-0.2, 0) is 33.4 Å². The summed E-state index contributed by atoms with van der Waals surface area (Å²) in [5.74, 6) is -4.69. The van der Waals surface area contributed by atoms with Gasteiger partial charge in [-0.15, -0.1) is 0 Å². The van der Waals surface area contributed by atoms with Crippen molar-refractivity contribution in [3.8, 4) is 0 Å². The molecule has 176 valence electrons. The first-order valence-electron chi connectivity index (χ1n) is 9.21. The van der Waals surface area contributed by atoms with E-state index >= 15 is 0 Å². The summed E-state index contributed by atoms with van der Waals surface area (Å²) in [6.07, 6.45) is -3.54. The minimum Gasteiger partial charge on any atom is -0.444 e. The Morgan fingerprint density at radius 3 is 1.19 bits per heavy atom. The van der Waals surface area contributed by atoms with Crippen LogP contribution in [0.15, 0.2) is 0 Å². The van der Waals surface area contributed by atoms with Crippen molar-refractivity contribution in [3.05, 3.63) is 0 Å². The number of nitrogens with one attached hydrogen (secondary N) is 2. The number of ether oxygens (including phenoxy) is 3. The molecule has 0 saturated carbocycles. The van der Waals surface area contributed by atoms with Crippen molar-refractivity contribution in [2.24, 2.45) is 11.5 Å². The van der Waals surface area contributed by atoms with Gasteiger partial charge >= 0.3 is 24.1 Å². The van der Waals surface area contributed by atoms with E-state index in [0.29, 0.717) is 0 Å². The molecule has 0 saturated heterocycles. The zero-order valence-corrected chi connectivity index (χ0v) is 18.4. The van der Waals surface area contributed by atoms with Gasteiger partial charge in [-0.2, -0.15) is 0 Å². The standard InChI is InChI=1S/C18H30N4O9/c1-17(2,3)30-15(27)21-9(7-11(19)23)13(25)29-14(26)10(8-12(20)24)22-16(28)31-18(4,5)6/h9-10H,7-8H2,1-6H3,(H2,19,23)(H2,20,24)(H,21,27)(H,22,28)/t9-,10-/m0/s1. The van der Waals surface area contributed by atoms with Crippen LogP contribution in [0.3, 0.4) is 0 Å². The highest BCUT2D eigenvalue weighted by Crippen LogP contribution is 2.09.